The van der Waals surface area contributed by atoms with Crippen molar-refractivity contribution in [3.05, 3.63) is 33.1 Å². The summed E-state index contributed by atoms with van der Waals surface area (Å²) < 4.78 is 5.10. The molecule has 1 saturated heterocycles. The fourth-order valence-electron chi connectivity index (χ4n) is 2.87. The number of nitrogens with zero attached hydrogens (tertiary/aromatic N) is 3. The van der Waals surface area contributed by atoms with Crippen LogP contribution in [-0.2, 0) is 11.2 Å². The Hall–Kier alpha value is -2.22. The second kappa shape index (κ2) is 6.11. The molecule has 2 aromatic rings. The van der Waals surface area contributed by atoms with Crippen molar-refractivity contribution in [3.8, 4) is 0 Å². The van der Waals surface area contributed by atoms with Crippen molar-refractivity contribution in [2.75, 3.05) is 6.54 Å². The number of rotatable bonds is 4. The first-order chi connectivity index (χ1) is 11.0. The Morgan fingerprint density at radius 2 is 2.26 bits per heavy atom. The van der Waals surface area contributed by atoms with Gasteiger partial charge in [-0.2, -0.15) is 0 Å². The highest BCUT2D eigenvalue weighted by Crippen LogP contribution is 2.34. The number of carboxylic acids is 1. The van der Waals surface area contributed by atoms with Crippen molar-refractivity contribution >= 4 is 23.2 Å². The number of aromatic nitrogens is 2. The van der Waals surface area contributed by atoms with Crippen LogP contribution in [0.4, 0.5) is 0 Å². The van der Waals surface area contributed by atoms with Gasteiger partial charge in [0, 0.05) is 17.5 Å². The van der Waals surface area contributed by atoms with Crippen molar-refractivity contribution in [3.63, 3.8) is 0 Å². The Balaban J connectivity index is 1.78. The molecule has 1 N–H and O–H groups in total. The molecule has 3 heterocycles. The van der Waals surface area contributed by atoms with Crippen molar-refractivity contribution < 1.29 is 19.2 Å². The second-order valence-electron chi connectivity index (χ2n) is 5.60. The molecule has 1 aliphatic rings. The average Bonchev–Trinajstić information content (AvgIpc) is 3.21. The molecule has 3 rings (SSSR count). The summed E-state index contributed by atoms with van der Waals surface area (Å²) in [5.41, 5.74) is 1.59. The normalized spacial score (nSPS) is 17.7. The monoisotopic (exact) mass is 335 g/mol. The van der Waals surface area contributed by atoms with Gasteiger partial charge in [-0.05, 0) is 26.7 Å². The van der Waals surface area contributed by atoms with Gasteiger partial charge in [0.1, 0.15) is 10.8 Å². The van der Waals surface area contributed by atoms with Crippen LogP contribution in [0.1, 0.15) is 51.4 Å². The van der Waals surface area contributed by atoms with Gasteiger partial charge in [0.25, 0.3) is 0 Å². The molecule has 1 aliphatic heterocycles. The number of aromatic carboxylic acids is 1. The molecule has 0 aromatic carbocycles. The van der Waals surface area contributed by atoms with Gasteiger partial charge in [0.2, 0.25) is 5.91 Å². The Bertz CT molecular complexity index is 732. The molecule has 1 amide bonds. The lowest BCUT2D eigenvalue weighted by molar-refractivity contribution is -0.131. The van der Waals surface area contributed by atoms with Crippen LogP contribution in [0.15, 0.2) is 9.90 Å². The predicted molar refractivity (Wildman–Crippen MR) is 82.4 cm³/mol. The molecule has 122 valence electrons. The van der Waals surface area contributed by atoms with Crippen molar-refractivity contribution in [1.29, 1.82) is 0 Å². The van der Waals surface area contributed by atoms with Crippen LogP contribution in [0.2, 0.25) is 0 Å². The molecule has 2 aromatic heterocycles. The van der Waals surface area contributed by atoms with E-state index in [4.69, 9.17) is 9.63 Å². The summed E-state index contributed by atoms with van der Waals surface area (Å²) in [7, 11) is 0. The molecular formula is C15H17N3O4S. The predicted octanol–water partition coefficient (Wildman–Crippen LogP) is 2.35. The third-order valence-electron chi connectivity index (χ3n) is 4.11. The number of aryl methyl sites for hydroxylation is 2. The highest BCUT2D eigenvalue weighted by atomic mass is 32.1. The van der Waals surface area contributed by atoms with Gasteiger partial charge in [-0.3, -0.25) is 4.79 Å². The smallest absolute Gasteiger partial charge is 0.355 e. The number of likely N-dealkylation sites (tertiary alicyclic amines) is 1. The zero-order valence-electron chi connectivity index (χ0n) is 12.9. The van der Waals surface area contributed by atoms with E-state index in [1.54, 1.807) is 11.8 Å². The summed E-state index contributed by atoms with van der Waals surface area (Å²) in [4.78, 5) is 29.6. The largest absolute Gasteiger partial charge is 0.476 e. The van der Waals surface area contributed by atoms with Crippen LogP contribution < -0.4 is 0 Å². The molecule has 0 saturated carbocycles. The Morgan fingerprint density at radius 3 is 2.87 bits per heavy atom. The lowest BCUT2D eigenvalue weighted by Gasteiger charge is -2.23. The summed E-state index contributed by atoms with van der Waals surface area (Å²) in [6.07, 6.45) is 1.94. The Morgan fingerprint density at radius 1 is 1.48 bits per heavy atom. The molecular weight excluding hydrogens is 318 g/mol. The minimum absolute atomic E-state index is 0.00558. The van der Waals surface area contributed by atoms with Gasteiger partial charge in [0.05, 0.1) is 18.2 Å². The summed E-state index contributed by atoms with van der Waals surface area (Å²) >= 11 is 1.29. The van der Waals surface area contributed by atoms with Crippen LogP contribution in [-0.4, -0.2) is 38.6 Å². The molecule has 8 heteroatoms. The van der Waals surface area contributed by atoms with Gasteiger partial charge in [-0.1, -0.05) is 5.16 Å². The summed E-state index contributed by atoms with van der Waals surface area (Å²) in [5, 5.41) is 15.1. The van der Waals surface area contributed by atoms with Crippen molar-refractivity contribution in [2.24, 2.45) is 0 Å². The van der Waals surface area contributed by atoms with Gasteiger partial charge >= 0.3 is 5.97 Å². The number of carbonyl (C=O) groups excluding carboxylic acids is 1. The maximum absolute atomic E-state index is 12.7. The van der Waals surface area contributed by atoms with Gasteiger partial charge in [-0.25, -0.2) is 9.78 Å². The van der Waals surface area contributed by atoms with E-state index in [-0.39, 0.29) is 24.1 Å². The second-order valence-corrected chi connectivity index (χ2v) is 6.49. The first kappa shape index (κ1) is 15.7. The maximum atomic E-state index is 12.7. The topological polar surface area (TPSA) is 96.5 Å². The number of carbonyl (C=O) groups is 2. The van der Waals surface area contributed by atoms with E-state index in [2.05, 4.69) is 10.1 Å². The van der Waals surface area contributed by atoms with E-state index < -0.39 is 5.97 Å². The summed E-state index contributed by atoms with van der Waals surface area (Å²) in [5.74, 6) is -0.387. The minimum Gasteiger partial charge on any atom is -0.476 e. The van der Waals surface area contributed by atoms with E-state index in [0.717, 1.165) is 24.1 Å². The van der Waals surface area contributed by atoms with Crippen LogP contribution >= 0.6 is 11.3 Å². The van der Waals surface area contributed by atoms with E-state index in [9.17, 15) is 9.59 Å². The lowest BCUT2D eigenvalue weighted by Crippen LogP contribution is -2.32. The molecule has 0 bridgehead atoms. The number of amides is 1. The minimum atomic E-state index is -1.04. The standard InChI is InChI=1S/C15H17N3O4S/c1-8-10(9(2)22-17-8)6-13(19)18-5-3-4-12(18)14-16-11(7-23-14)15(20)21/h7,12H,3-6H2,1-2H3,(H,20,21). The molecule has 1 unspecified atom stereocenters. The average molecular weight is 335 g/mol. The number of hydrogen-bond donors (Lipinski definition) is 1. The summed E-state index contributed by atoms with van der Waals surface area (Å²) in [6.45, 7) is 4.28. The van der Waals surface area contributed by atoms with Crippen molar-refractivity contribution in [1.82, 2.24) is 15.0 Å². The third-order valence-corrected chi connectivity index (χ3v) is 5.05. The molecule has 0 spiro atoms. The third kappa shape index (κ3) is 2.98. The molecule has 1 atom stereocenters. The quantitative estimate of drug-likeness (QED) is 0.921. The molecule has 0 radical (unpaired) electrons. The first-order valence-corrected chi connectivity index (χ1v) is 8.25. The van der Waals surface area contributed by atoms with Crippen LogP contribution in [0.25, 0.3) is 0 Å². The summed E-state index contributed by atoms with van der Waals surface area (Å²) in [6, 6.07) is -0.138. The van der Waals surface area contributed by atoms with Gasteiger partial charge in [0.15, 0.2) is 5.69 Å². The number of thiazole rings is 1. The Labute approximate surface area is 136 Å². The van der Waals surface area contributed by atoms with Crippen LogP contribution in [0, 0.1) is 13.8 Å². The highest BCUT2D eigenvalue weighted by molar-refractivity contribution is 7.09. The van der Waals surface area contributed by atoms with Gasteiger partial charge in [-0.15, -0.1) is 11.3 Å². The highest BCUT2D eigenvalue weighted by Gasteiger charge is 2.33. The molecule has 1 fully saturated rings. The number of carboxylic acid groups (broad SMARTS) is 1. The van der Waals surface area contributed by atoms with Crippen LogP contribution in [0.5, 0.6) is 0 Å². The fourth-order valence-corrected chi connectivity index (χ4v) is 3.81. The van der Waals surface area contributed by atoms with Crippen LogP contribution in [0.3, 0.4) is 0 Å². The van der Waals surface area contributed by atoms with E-state index in [1.807, 2.05) is 6.92 Å². The SMILES string of the molecule is Cc1noc(C)c1CC(=O)N1CCCC1c1nc(C(=O)O)cs1. The maximum Gasteiger partial charge on any atom is 0.355 e. The Kier molecular flexibility index (Phi) is 4.16. The van der Waals surface area contributed by atoms with E-state index in [1.165, 1.54) is 16.7 Å². The molecule has 7 nitrogen and oxygen atoms in total. The first-order valence-electron chi connectivity index (χ1n) is 7.37. The fraction of sp³-hybridized carbons (Fsp3) is 0.467. The molecule has 0 aliphatic carbocycles. The van der Waals surface area contributed by atoms with E-state index >= 15 is 0 Å². The van der Waals surface area contributed by atoms with Crippen molar-refractivity contribution in [2.45, 2.75) is 39.2 Å². The van der Waals surface area contributed by atoms with E-state index in [0.29, 0.717) is 17.3 Å². The zero-order chi connectivity index (χ0) is 16.6. The zero-order valence-corrected chi connectivity index (χ0v) is 13.7. The van der Waals surface area contributed by atoms with Gasteiger partial charge < -0.3 is 14.5 Å². The number of hydrogen-bond acceptors (Lipinski definition) is 6. The molecule has 23 heavy (non-hydrogen) atoms. The lowest BCUT2D eigenvalue weighted by atomic mass is 10.1.